The van der Waals surface area contributed by atoms with Crippen molar-refractivity contribution in [2.24, 2.45) is 0 Å². The third-order valence-corrected chi connectivity index (χ3v) is 3.08. The molecule has 0 unspecified atom stereocenters. The number of nitrogens with zero attached hydrogens (tertiary/aromatic N) is 2. The molecule has 0 fully saturated rings. The van der Waals surface area contributed by atoms with Gasteiger partial charge < -0.3 is 6.82 Å². The number of pyridine rings is 2. The summed E-state index contributed by atoms with van der Waals surface area (Å²) >= 11 is 0. The Morgan fingerprint density at radius 3 is 1.67 bits per heavy atom. The Labute approximate surface area is 180 Å². The van der Waals surface area contributed by atoms with Gasteiger partial charge in [0.1, 0.15) is 6.44 Å². The van der Waals surface area contributed by atoms with E-state index >= 15 is 0 Å². The Bertz CT molecular complexity index is 504. The van der Waals surface area contributed by atoms with Gasteiger partial charge in [0.05, 0.1) is 6.44 Å². The summed E-state index contributed by atoms with van der Waals surface area (Å²) in [5, 5.41) is 0. The molecule has 0 aliphatic rings. The van der Waals surface area contributed by atoms with Gasteiger partial charge in [-0.25, -0.2) is 9.13 Å². The topological polar surface area (TPSA) is 7.76 Å². The van der Waals surface area contributed by atoms with Crippen LogP contribution < -0.4 is 9.13 Å². The van der Waals surface area contributed by atoms with Crippen LogP contribution in [0.25, 0.3) is 11.1 Å². The molecule has 4 radical (unpaired) electrons. The van der Waals surface area contributed by atoms with Crippen molar-refractivity contribution in [3.05, 3.63) is 55.9 Å². The fraction of sp³-hybridized carbons (Fsp3) is 0.267. The third-order valence-electron chi connectivity index (χ3n) is 3.08. The van der Waals surface area contributed by atoms with Crippen molar-refractivity contribution in [2.75, 3.05) is 0 Å². The first-order valence-electron chi connectivity index (χ1n) is 6.74. The van der Waals surface area contributed by atoms with Gasteiger partial charge in [-0.15, -0.1) is 0 Å². The maximum absolute atomic E-state index is 3.74. The second-order valence-electron chi connectivity index (χ2n) is 4.55. The molecule has 2 aromatic heterocycles. The summed E-state index contributed by atoms with van der Waals surface area (Å²) in [6.45, 7) is 5.91. The van der Waals surface area contributed by atoms with Crippen molar-refractivity contribution in [3.63, 3.8) is 0 Å². The van der Waals surface area contributed by atoms with E-state index in [1.54, 1.807) is 0 Å². The molecule has 6 heteroatoms. The van der Waals surface area contributed by atoms with E-state index < -0.39 is 0 Å². The van der Waals surface area contributed by atoms with E-state index in [2.05, 4.69) is 79.2 Å². The third kappa shape index (κ3) is 7.16. The van der Waals surface area contributed by atoms with E-state index in [1.165, 1.54) is 11.1 Å². The second kappa shape index (κ2) is 12.1. The number of hydrogen-bond acceptors (Lipinski definition) is 0. The van der Waals surface area contributed by atoms with Crippen LogP contribution in [0.5, 0.6) is 0 Å². The molecule has 0 aliphatic carbocycles. The van der Waals surface area contributed by atoms with Gasteiger partial charge in [0.15, 0.2) is 24.8 Å². The first-order valence-corrected chi connectivity index (χ1v) is 6.74. The largest absolute Gasteiger partial charge is 0.367 e. The smallest absolute Gasteiger partial charge is 0.200 e. The normalized spacial score (nSPS) is 9.24. The molecule has 21 heavy (non-hydrogen) atoms. The fourth-order valence-electron chi connectivity index (χ4n) is 1.97. The van der Waals surface area contributed by atoms with E-state index in [4.69, 9.17) is 0 Å². The first kappa shape index (κ1) is 21.6. The van der Waals surface area contributed by atoms with Gasteiger partial charge in [-0.3, -0.25) is 0 Å². The summed E-state index contributed by atoms with van der Waals surface area (Å²) in [5.41, 5.74) is 2.49. The minimum Gasteiger partial charge on any atom is -0.367 e. The summed E-state index contributed by atoms with van der Waals surface area (Å²) < 4.78 is 4.30. The maximum Gasteiger partial charge on any atom is 0.200 e. The molecule has 2 rings (SSSR count). The van der Waals surface area contributed by atoms with Crippen LogP contribution in [0.1, 0.15) is 6.92 Å². The maximum atomic E-state index is 3.74. The van der Waals surface area contributed by atoms with Crippen LogP contribution in [0.4, 0.5) is 0 Å². The monoisotopic (exact) mass is 427 g/mol. The van der Waals surface area contributed by atoms with E-state index in [-0.39, 0.29) is 65.4 Å². The molecule has 0 saturated heterocycles. The Hall–Kier alpha value is 0.638. The molecule has 0 spiro atoms. The van der Waals surface area contributed by atoms with Crippen molar-refractivity contribution in [1.29, 1.82) is 0 Å². The predicted molar refractivity (Wildman–Crippen MR) is 79.6 cm³/mol. The predicted octanol–water partition coefficient (Wildman–Crippen LogP) is 1.48. The van der Waals surface area contributed by atoms with Gasteiger partial charge in [0.25, 0.3) is 0 Å². The molecular weight excluding hydrogens is 408 g/mol. The van der Waals surface area contributed by atoms with Gasteiger partial charge in [-0.05, 0) is 18.4 Å². The molecule has 0 N–H and O–H groups in total. The minimum atomic E-state index is 0. The van der Waals surface area contributed by atoms with Gasteiger partial charge in [-0.1, -0.05) is 13.2 Å². The standard InChI is InChI=1S/C15H19B2N2.2Y/c1-3-17-13-19-10-6-15(7-11-19)14-4-8-18(9-5-14)12-16-2;;/h4-11H,2-3,12-13H2,1H3;;/q+1;;. The quantitative estimate of drug-likeness (QED) is 0.375. The zero-order valence-corrected chi connectivity index (χ0v) is 18.3. The van der Waals surface area contributed by atoms with Gasteiger partial charge in [0, 0.05) is 89.7 Å². The van der Waals surface area contributed by atoms with Crippen LogP contribution in [-0.4, -0.2) is 14.6 Å². The number of rotatable bonds is 6. The van der Waals surface area contributed by atoms with Crippen LogP contribution in [0.2, 0.25) is 6.32 Å². The van der Waals surface area contributed by atoms with Gasteiger partial charge >= 0.3 is 0 Å². The molecule has 100 valence electrons. The Morgan fingerprint density at radius 2 is 1.29 bits per heavy atom. The summed E-state index contributed by atoms with van der Waals surface area (Å²) in [4.78, 5) is 0. The minimum absolute atomic E-state index is 0. The van der Waals surface area contributed by atoms with Crippen LogP contribution in [0.15, 0.2) is 49.1 Å². The molecule has 0 atom stereocenters. The van der Waals surface area contributed by atoms with Crippen molar-refractivity contribution in [2.45, 2.75) is 26.1 Å². The molecule has 0 aromatic carbocycles. The van der Waals surface area contributed by atoms with Crippen molar-refractivity contribution < 1.29 is 74.6 Å². The molecule has 0 aliphatic heterocycles. The number of aromatic nitrogens is 2. The molecule has 0 amide bonds. The molecule has 2 heterocycles. The summed E-state index contributed by atoms with van der Waals surface area (Å²) in [7, 11) is 4.16. The summed E-state index contributed by atoms with van der Waals surface area (Å²) in [6.07, 6.45) is 11.4. The van der Waals surface area contributed by atoms with Crippen LogP contribution in [-0.2, 0) is 78.3 Å². The molecule has 0 bridgehead atoms. The van der Waals surface area contributed by atoms with Crippen LogP contribution in [0.3, 0.4) is 0 Å². The van der Waals surface area contributed by atoms with E-state index in [0.29, 0.717) is 0 Å². The van der Waals surface area contributed by atoms with Crippen LogP contribution >= 0.6 is 0 Å². The average molecular weight is 427 g/mol. The fourth-order valence-corrected chi connectivity index (χ4v) is 1.97. The Kier molecular flexibility index (Phi) is 12.5. The van der Waals surface area contributed by atoms with Crippen molar-refractivity contribution >= 4 is 14.6 Å². The molecule has 2 aromatic rings. The van der Waals surface area contributed by atoms with Crippen molar-refractivity contribution in [3.8, 4) is 11.1 Å². The Balaban J connectivity index is 0.00000200. The zero-order chi connectivity index (χ0) is 13.5. The Morgan fingerprint density at radius 1 is 0.857 bits per heavy atom. The number of hydrogen-bond donors (Lipinski definition) is 0. The van der Waals surface area contributed by atoms with Crippen molar-refractivity contribution in [1.82, 2.24) is 0 Å². The summed E-state index contributed by atoms with van der Waals surface area (Å²) in [5.74, 6) is 0. The molecular formula is C15H19B2N2Y2+. The van der Waals surface area contributed by atoms with E-state index in [9.17, 15) is 0 Å². The SMILES string of the molecule is [CH2-][B]C[n+]1ccc(-c2cc[n+](C[B]CC)cc2)cc1.[Y].[Y]. The van der Waals surface area contributed by atoms with Gasteiger partial charge in [0.2, 0.25) is 7.28 Å². The van der Waals surface area contributed by atoms with E-state index in [0.717, 1.165) is 19.2 Å². The zero-order valence-electron chi connectivity index (χ0n) is 12.7. The molecule has 0 saturated carbocycles. The molecule has 2 nitrogen and oxygen atoms in total. The second-order valence-corrected chi connectivity index (χ2v) is 4.55. The van der Waals surface area contributed by atoms with Gasteiger partial charge in [-0.2, -0.15) is 0 Å². The average Bonchev–Trinajstić information content (AvgIpc) is 2.47. The first-order chi connectivity index (χ1) is 9.33. The summed E-state index contributed by atoms with van der Waals surface area (Å²) in [6, 6.07) is 8.61. The van der Waals surface area contributed by atoms with E-state index in [1.807, 2.05) is 7.28 Å². The van der Waals surface area contributed by atoms with Crippen LogP contribution in [0, 0.1) is 6.82 Å².